The van der Waals surface area contributed by atoms with Crippen LogP contribution >= 0.6 is 11.8 Å². The van der Waals surface area contributed by atoms with Crippen LogP contribution in [-0.2, 0) is 15.8 Å². The van der Waals surface area contributed by atoms with Crippen LogP contribution in [0.15, 0.2) is 76.1 Å². The van der Waals surface area contributed by atoms with Crippen molar-refractivity contribution in [2.45, 2.75) is 29.7 Å². The highest BCUT2D eigenvalue weighted by atomic mass is 32.2. The van der Waals surface area contributed by atoms with Crippen LogP contribution < -0.4 is 14.3 Å². The summed E-state index contributed by atoms with van der Waals surface area (Å²) in [6, 6.07) is 13.5. The fourth-order valence-electron chi connectivity index (χ4n) is 2.75. The van der Waals surface area contributed by atoms with Crippen LogP contribution in [-0.4, -0.2) is 37.8 Å². The number of thioether (sulfide) groups is 1. The molecule has 0 amide bonds. The van der Waals surface area contributed by atoms with Crippen LogP contribution in [0.2, 0.25) is 0 Å². The fourth-order valence-corrected chi connectivity index (χ4v) is 4.38. The van der Waals surface area contributed by atoms with Crippen molar-refractivity contribution >= 4 is 27.5 Å². The van der Waals surface area contributed by atoms with Gasteiger partial charge in [-0.1, -0.05) is 11.8 Å². The second-order valence-electron chi connectivity index (χ2n) is 6.54. The van der Waals surface area contributed by atoms with Gasteiger partial charge in [-0.05, 0) is 67.9 Å². The van der Waals surface area contributed by atoms with Gasteiger partial charge in [0, 0.05) is 23.7 Å². The molecule has 0 spiro atoms. The Morgan fingerprint density at radius 1 is 1.12 bits per heavy atom. The monoisotopic (exact) mass is 472 g/mol. The molecular formula is C22H24N4O4S2. The predicted molar refractivity (Wildman–Crippen MR) is 125 cm³/mol. The van der Waals surface area contributed by atoms with Crippen molar-refractivity contribution in [3.63, 3.8) is 0 Å². The third-order valence-corrected chi connectivity index (χ3v) is 6.52. The fraction of sp³-hybridized carbons (Fsp3) is 0.227. The molecule has 3 rings (SSSR count). The van der Waals surface area contributed by atoms with Crippen LogP contribution in [0.3, 0.4) is 0 Å². The van der Waals surface area contributed by atoms with Crippen molar-refractivity contribution < 1.29 is 17.9 Å². The maximum absolute atomic E-state index is 12.6. The highest BCUT2D eigenvalue weighted by molar-refractivity contribution is 7.98. The summed E-state index contributed by atoms with van der Waals surface area (Å²) in [4.78, 5) is 10.8. The first-order valence-corrected chi connectivity index (χ1v) is 12.3. The number of sulfonamides is 1. The maximum atomic E-state index is 12.6. The molecule has 0 unspecified atom stereocenters. The number of hydrogen-bond acceptors (Lipinski definition) is 8. The zero-order valence-electron chi connectivity index (χ0n) is 18.0. The number of nitrogens with one attached hydrogen (secondary N) is 1. The molecule has 1 aromatic heterocycles. The normalized spacial score (nSPS) is 11.8. The molecule has 168 valence electrons. The van der Waals surface area contributed by atoms with Crippen LogP contribution in [0.25, 0.3) is 0 Å². The number of benzene rings is 2. The molecule has 0 aliphatic carbocycles. The molecule has 0 bridgehead atoms. The van der Waals surface area contributed by atoms with Gasteiger partial charge < -0.3 is 9.47 Å². The number of aromatic nitrogens is 2. The standard InChI is InChI=1S/C22H24N4O4S2/c1-4-30-19-7-9-20(10-8-19)32(27,28)26-25-16(2)17-6-11-21(29-3)18(14-17)15-31-22-23-12-5-13-24-22/h5-14,26H,4,15H2,1-3H3/b25-16+. The number of methoxy groups -OCH3 is 1. The van der Waals surface area contributed by atoms with E-state index in [1.807, 2.05) is 25.1 Å². The van der Waals surface area contributed by atoms with E-state index in [1.165, 1.54) is 23.9 Å². The van der Waals surface area contributed by atoms with Crippen LogP contribution in [0, 0.1) is 0 Å². The lowest BCUT2D eigenvalue weighted by Crippen LogP contribution is -2.20. The molecule has 0 radical (unpaired) electrons. The zero-order chi connectivity index (χ0) is 23.0. The molecular weight excluding hydrogens is 448 g/mol. The smallest absolute Gasteiger partial charge is 0.276 e. The molecule has 8 nitrogen and oxygen atoms in total. The van der Waals surface area contributed by atoms with Gasteiger partial charge in [-0.25, -0.2) is 9.97 Å². The average molecular weight is 473 g/mol. The number of hydrazone groups is 1. The number of rotatable bonds is 10. The molecule has 0 saturated heterocycles. The Kier molecular flexibility index (Phi) is 8.07. The quantitative estimate of drug-likeness (QED) is 0.207. The van der Waals surface area contributed by atoms with E-state index in [9.17, 15) is 8.42 Å². The largest absolute Gasteiger partial charge is 0.496 e. The topological polar surface area (TPSA) is 103 Å². The van der Waals surface area contributed by atoms with E-state index in [0.29, 0.717) is 29.0 Å². The Morgan fingerprint density at radius 3 is 2.50 bits per heavy atom. The minimum absolute atomic E-state index is 0.104. The van der Waals surface area contributed by atoms with E-state index >= 15 is 0 Å². The summed E-state index contributed by atoms with van der Waals surface area (Å²) >= 11 is 1.48. The Hall–Kier alpha value is -3.11. The Morgan fingerprint density at radius 2 is 1.84 bits per heavy atom. The molecule has 0 aliphatic heterocycles. The molecule has 0 saturated carbocycles. The summed E-state index contributed by atoms with van der Waals surface area (Å²) in [5, 5.41) is 4.75. The van der Waals surface area contributed by atoms with E-state index in [2.05, 4.69) is 19.9 Å². The minimum atomic E-state index is -3.80. The maximum Gasteiger partial charge on any atom is 0.276 e. The van der Waals surface area contributed by atoms with E-state index < -0.39 is 10.0 Å². The predicted octanol–water partition coefficient (Wildman–Crippen LogP) is 3.88. The lowest BCUT2D eigenvalue weighted by molar-refractivity contribution is 0.340. The Bertz CT molecular complexity index is 1170. The summed E-state index contributed by atoms with van der Waals surface area (Å²) in [5.74, 6) is 1.92. The van der Waals surface area contributed by atoms with Gasteiger partial charge >= 0.3 is 0 Å². The van der Waals surface area contributed by atoms with E-state index in [1.54, 1.807) is 44.6 Å². The molecule has 10 heteroatoms. The van der Waals surface area contributed by atoms with Crippen molar-refractivity contribution in [2.75, 3.05) is 13.7 Å². The Balaban J connectivity index is 1.74. The van der Waals surface area contributed by atoms with Crippen molar-refractivity contribution in [3.8, 4) is 11.5 Å². The van der Waals surface area contributed by atoms with Gasteiger partial charge in [0.05, 0.1) is 24.3 Å². The second kappa shape index (κ2) is 11.0. The third kappa shape index (κ3) is 6.21. The lowest BCUT2D eigenvalue weighted by atomic mass is 10.1. The minimum Gasteiger partial charge on any atom is -0.496 e. The lowest BCUT2D eigenvalue weighted by Gasteiger charge is -2.11. The molecule has 2 aromatic carbocycles. The molecule has 0 aliphatic rings. The first-order valence-electron chi connectivity index (χ1n) is 9.79. The summed E-state index contributed by atoms with van der Waals surface area (Å²) in [6.45, 7) is 4.11. The van der Waals surface area contributed by atoms with Crippen molar-refractivity contribution in [1.82, 2.24) is 14.8 Å². The molecule has 32 heavy (non-hydrogen) atoms. The van der Waals surface area contributed by atoms with Crippen molar-refractivity contribution in [3.05, 3.63) is 72.1 Å². The van der Waals surface area contributed by atoms with Gasteiger partial charge in [0.2, 0.25) is 0 Å². The summed E-state index contributed by atoms with van der Waals surface area (Å²) in [6.07, 6.45) is 3.38. The summed E-state index contributed by atoms with van der Waals surface area (Å²) < 4.78 is 35.9. The van der Waals surface area contributed by atoms with Gasteiger partial charge in [-0.2, -0.15) is 18.4 Å². The van der Waals surface area contributed by atoms with Gasteiger partial charge in [-0.15, -0.1) is 0 Å². The molecule has 0 atom stereocenters. The second-order valence-corrected chi connectivity index (χ2v) is 9.15. The van der Waals surface area contributed by atoms with E-state index in [4.69, 9.17) is 9.47 Å². The van der Waals surface area contributed by atoms with E-state index in [0.717, 1.165) is 16.9 Å². The average Bonchev–Trinajstić information content (AvgIpc) is 2.82. The first kappa shape index (κ1) is 23.6. The molecule has 1 N–H and O–H groups in total. The Labute approximate surface area is 192 Å². The highest BCUT2D eigenvalue weighted by Gasteiger charge is 2.14. The third-order valence-electron chi connectivity index (χ3n) is 4.38. The SMILES string of the molecule is CCOc1ccc(S(=O)(=O)N/N=C(\C)c2ccc(OC)c(CSc3ncccn3)c2)cc1. The van der Waals surface area contributed by atoms with Gasteiger partial charge in [0.1, 0.15) is 11.5 Å². The van der Waals surface area contributed by atoms with Crippen molar-refractivity contribution in [1.29, 1.82) is 0 Å². The van der Waals surface area contributed by atoms with Crippen LogP contribution in [0.4, 0.5) is 0 Å². The highest BCUT2D eigenvalue weighted by Crippen LogP contribution is 2.27. The van der Waals surface area contributed by atoms with Gasteiger partial charge in [-0.3, -0.25) is 0 Å². The number of ether oxygens (including phenoxy) is 2. The zero-order valence-corrected chi connectivity index (χ0v) is 19.6. The molecule has 0 fully saturated rings. The van der Waals surface area contributed by atoms with Gasteiger partial charge in [0.15, 0.2) is 5.16 Å². The summed E-state index contributed by atoms with van der Waals surface area (Å²) in [7, 11) is -2.20. The van der Waals surface area contributed by atoms with Crippen LogP contribution in [0.5, 0.6) is 11.5 Å². The molecule has 3 aromatic rings. The summed E-state index contributed by atoms with van der Waals surface area (Å²) in [5.41, 5.74) is 2.21. The van der Waals surface area contributed by atoms with E-state index in [-0.39, 0.29) is 4.90 Å². The molecule has 1 heterocycles. The first-order chi connectivity index (χ1) is 15.4. The van der Waals surface area contributed by atoms with Gasteiger partial charge in [0.25, 0.3) is 10.0 Å². The van der Waals surface area contributed by atoms with Crippen molar-refractivity contribution in [2.24, 2.45) is 5.10 Å². The van der Waals surface area contributed by atoms with Crippen LogP contribution in [0.1, 0.15) is 25.0 Å². The number of nitrogens with zero attached hydrogens (tertiary/aromatic N) is 3. The number of hydrogen-bond donors (Lipinski definition) is 1.